The zero-order valence-electron chi connectivity index (χ0n) is 13.9. The number of anilines is 1. The van der Waals surface area contributed by atoms with Crippen LogP contribution in [0, 0.1) is 0 Å². The van der Waals surface area contributed by atoms with E-state index < -0.39 is 28.0 Å². The van der Waals surface area contributed by atoms with Gasteiger partial charge in [-0.15, -0.1) is 0 Å². The lowest BCUT2D eigenvalue weighted by Gasteiger charge is -2.13. The SMILES string of the molecule is CNS(=O)(=O)c1cccc(C(=O)O[C@H](C)C(=O)Nc2ccc(Cl)cn2)c1. The van der Waals surface area contributed by atoms with Gasteiger partial charge in [0.15, 0.2) is 6.10 Å². The molecule has 8 nitrogen and oxygen atoms in total. The molecule has 2 aromatic rings. The maximum atomic E-state index is 12.2. The number of sulfonamides is 1. The number of nitrogens with one attached hydrogen (secondary N) is 2. The van der Waals surface area contributed by atoms with Gasteiger partial charge in [0.1, 0.15) is 5.82 Å². The van der Waals surface area contributed by atoms with E-state index in [2.05, 4.69) is 15.0 Å². The number of esters is 1. The summed E-state index contributed by atoms with van der Waals surface area (Å²) in [4.78, 5) is 28.1. The van der Waals surface area contributed by atoms with Crippen LogP contribution in [-0.2, 0) is 19.6 Å². The van der Waals surface area contributed by atoms with E-state index in [4.69, 9.17) is 16.3 Å². The van der Waals surface area contributed by atoms with Crippen LogP contribution in [0.15, 0.2) is 47.5 Å². The van der Waals surface area contributed by atoms with Gasteiger partial charge < -0.3 is 10.1 Å². The summed E-state index contributed by atoms with van der Waals surface area (Å²) in [5.74, 6) is -1.17. The molecule has 0 unspecified atom stereocenters. The zero-order valence-corrected chi connectivity index (χ0v) is 15.5. The Morgan fingerprint density at radius 2 is 1.96 bits per heavy atom. The van der Waals surface area contributed by atoms with Crippen LogP contribution in [0.2, 0.25) is 5.02 Å². The van der Waals surface area contributed by atoms with Gasteiger partial charge in [0, 0.05) is 6.20 Å². The minimum absolute atomic E-state index is 0.00518. The highest BCUT2D eigenvalue weighted by molar-refractivity contribution is 7.89. The lowest BCUT2D eigenvalue weighted by molar-refractivity contribution is -0.123. The van der Waals surface area contributed by atoms with Gasteiger partial charge >= 0.3 is 5.97 Å². The van der Waals surface area contributed by atoms with Crippen LogP contribution in [0.25, 0.3) is 0 Å². The Hall–Kier alpha value is -2.49. The summed E-state index contributed by atoms with van der Waals surface area (Å²) in [5, 5.41) is 2.89. The number of pyridine rings is 1. The highest BCUT2D eigenvalue weighted by atomic mass is 35.5. The van der Waals surface area contributed by atoms with E-state index in [9.17, 15) is 18.0 Å². The van der Waals surface area contributed by atoms with Crippen LogP contribution in [0.3, 0.4) is 0 Å². The number of halogens is 1. The summed E-state index contributed by atoms with van der Waals surface area (Å²) >= 11 is 5.71. The van der Waals surface area contributed by atoms with E-state index >= 15 is 0 Å². The Morgan fingerprint density at radius 1 is 1.23 bits per heavy atom. The minimum atomic E-state index is -3.70. The molecule has 138 valence electrons. The Labute approximate surface area is 155 Å². The number of carbonyl (C=O) groups excluding carboxylic acids is 2. The molecule has 26 heavy (non-hydrogen) atoms. The second-order valence-corrected chi connectivity index (χ2v) is 7.46. The van der Waals surface area contributed by atoms with Crippen molar-refractivity contribution in [2.75, 3.05) is 12.4 Å². The number of aromatic nitrogens is 1. The van der Waals surface area contributed by atoms with E-state index in [1.165, 1.54) is 50.5 Å². The Morgan fingerprint density at radius 3 is 2.58 bits per heavy atom. The zero-order chi connectivity index (χ0) is 19.3. The Balaban J connectivity index is 2.05. The Bertz CT molecular complexity index is 916. The first-order valence-corrected chi connectivity index (χ1v) is 9.26. The molecule has 0 aliphatic heterocycles. The number of benzene rings is 1. The molecule has 1 aromatic heterocycles. The summed E-state index contributed by atoms with van der Waals surface area (Å²) in [6.07, 6.45) is 0.242. The number of hydrogen-bond donors (Lipinski definition) is 2. The van der Waals surface area contributed by atoms with Crippen molar-refractivity contribution in [1.29, 1.82) is 0 Å². The molecule has 2 N–H and O–H groups in total. The maximum absolute atomic E-state index is 12.2. The minimum Gasteiger partial charge on any atom is -0.449 e. The van der Waals surface area contributed by atoms with Gasteiger partial charge in [-0.25, -0.2) is 22.9 Å². The molecule has 0 aliphatic rings. The second-order valence-electron chi connectivity index (χ2n) is 5.13. The lowest BCUT2D eigenvalue weighted by Crippen LogP contribution is -2.30. The third-order valence-electron chi connectivity index (χ3n) is 3.28. The average molecular weight is 398 g/mol. The molecule has 0 radical (unpaired) electrons. The lowest BCUT2D eigenvalue weighted by atomic mass is 10.2. The molecular formula is C16H16ClN3O5S. The predicted octanol–water partition coefficient (Wildman–Crippen LogP) is 1.83. The monoisotopic (exact) mass is 397 g/mol. The first-order valence-electron chi connectivity index (χ1n) is 7.40. The van der Waals surface area contributed by atoms with Crippen molar-refractivity contribution in [3.05, 3.63) is 53.2 Å². The quantitative estimate of drug-likeness (QED) is 0.718. The maximum Gasteiger partial charge on any atom is 0.338 e. The highest BCUT2D eigenvalue weighted by Gasteiger charge is 2.21. The summed E-state index contributed by atoms with van der Waals surface area (Å²) in [6, 6.07) is 8.35. The standard InChI is InChI=1S/C16H16ClN3O5S/c1-10(15(21)20-14-7-6-12(17)9-19-14)25-16(22)11-4-3-5-13(8-11)26(23,24)18-2/h3-10,18H,1-2H3,(H,19,20,21)/t10-/m1/s1. The van der Waals surface area contributed by atoms with Gasteiger partial charge in [-0.3, -0.25) is 4.79 Å². The molecule has 0 bridgehead atoms. The van der Waals surface area contributed by atoms with Gasteiger partial charge in [-0.05, 0) is 44.3 Å². The van der Waals surface area contributed by atoms with Crippen molar-refractivity contribution in [2.45, 2.75) is 17.9 Å². The molecule has 1 atom stereocenters. The van der Waals surface area contributed by atoms with Crippen LogP contribution < -0.4 is 10.0 Å². The fourth-order valence-electron chi connectivity index (χ4n) is 1.87. The van der Waals surface area contributed by atoms with Crippen molar-refractivity contribution >= 4 is 39.3 Å². The molecule has 10 heteroatoms. The van der Waals surface area contributed by atoms with Gasteiger partial charge in [-0.2, -0.15) is 0 Å². The fraction of sp³-hybridized carbons (Fsp3) is 0.188. The highest BCUT2D eigenvalue weighted by Crippen LogP contribution is 2.14. The van der Waals surface area contributed by atoms with Gasteiger partial charge in [-0.1, -0.05) is 17.7 Å². The van der Waals surface area contributed by atoms with E-state index in [-0.39, 0.29) is 16.3 Å². The van der Waals surface area contributed by atoms with Gasteiger partial charge in [0.25, 0.3) is 5.91 Å². The average Bonchev–Trinajstić information content (AvgIpc) is 2.63. The van der Waals surface area contributed by atoms with Crippen molar-refractivity contribution in [1.82, 2.24) is 9.71 Å². The predicted molar refractivity (Wildman–Crippen MR) is 95.4 cm³/mol. The normalized spacial score (nSPS) is 12.3. The van der Waals surface area contributed by atoms with Crippen LogP contribution >= 0.6 is 11.6 Å². The van der Waals surface area contributed by atoms with Crippen molar-refractivity contribution in [3.8, 4) is 0 Å². The second kappa shape index (κ2) is 8.26. The summed E-state index contributed by atoms with van der Waals surface area (Å²) in [6.45, 7) is 1.39. The van der Waals surface area contributed by atoms with E-state index in [1.807, 2.05) is 0 Å². The molecule has 0 fully saturated rings. The molecule has 0 saturated heterocycles. The first-order chi connectivity index (χ1) is 12.2. The number of nitrogens with zero attached hydrogens (tertiary/aromatic N) is 1. The number of rotatable bonds is 6. The third-order valence-corrected chi connectivity index (χ3v) is 4.92. The molecule has 1 amide bonds. The summed E-state index contributed by atoms with van der Waals surface area (Å²) in [5.41, 5.74) is 0.00518. The van der Waals surface area contributed by atoms with Crippen LogP contribution in [0.1, 0.15) is 17.3 Å². The molecule has 0 saturated carbocycles. The van der Waals surface area contributed by atoms with Gasteiger partial charge in [0.05, 0.1) is 15.5 Å². The topological polar surface area (TPSA) is 114 Å². The number of carbonyl (C=O) groups is 2. The first kappa shape index (κ1) is 19.8. The van der Waals surface area contributed by atoms with E-state index in [0.29, 0.717) is 5.02 Å². The summed E-state index contributed by atoms with van der Waals surface area (Å²) in [7, 11) is -2.44. The third kappa shape index (κ3) is 5.01. The molecule has 0 aliphatic carbocycles. The van der Waals surface area contributed by atoms with Crippen LogP contribution in [-0.4, -0.2) is 38.4 Å². The summed E-state index contributed by atoms with van der Waals surface area (Å²) < 4.78 is 30.8. The van der Waals surface area contributed by atoms with Crippen molar-refractivity contribution in [3.63, 3.8) is 0 Å². The largest absolute Gasteiger partial charge is 0.449 e. The fourth-order valence-corrected chi connectivity index (χ4v) is 2.76. The van der Waals surface area contributed by atoms with E-state index in [1.54, 1.807) is 6.07 Å². The molecule has 0 spiro atoms. The molecular weight excluding hydrogens is 382 g/mol. The molecule has 1 heterocycles. The molecule has 2 rings (SSSR count). The molecule has 1 aromatic carbocycles. The smallest absolute Gasteiger partial charge is 0.338 e. The van der Waals surface area contributed by atoms with E-state index in [0.717, 1.165) is 0 Å². The number of hydrogen-bond acceptors (Lipinski definition) is 6. The van der Waals surface area contributed by atoms with Gasteiger partial charge in [0.2, 0.25) is 10.0 Å². The van der Waals surface area contributed by atoms with Crippen LogP contribution in [0.5, 0.6) is 0 Å². The number of ether oxygens (including phenoxy) is 1. The van der Waals surface area contributed by atoms with Crippen molar-refractivity contribution in [2.24, 2.45) is 0 Å². The Kier molecular flexibility index (Phi) is 6.30. The van der Waals surface area contributed by atoms with Crippen LogP contribution in [0.4, 0.5) is 5.82 Å². The number of amides is 1. The van der Waals surface area contributed by atoms with Crippen molar-refractivity contribution < 1.29 is 22.7 Å².